The molecule has 0 aliphatic heterocycles. The third-order valence-electron chi connectivity index (χ3n) is 0.971. The average molecular weight is 241 g/mol. The van der Waals surface area contributed by atoms with Gasteiger partial charge in [0.1, 0.15) is 0 Å². The van der Waals surface area contributed by atoms with Crippen molar-refractivity contribution in [1.29, 1.82) is 0 Å². The summed E-state index contributed by atoms with van der Waals surface area (Å²) in [6, 6.07) is 0. The van der Waals surface area contributed by atoms with E-state index in [2.05, 4.69) is 12.2 Å². The molecule has 0 aromatic rings. The molecule has 0 aromatic carbocycles. The molecule has 2 nitrogen and oxygen atoms in total. The summed E-state index contributed by atoms with van der Waals surface area (Å²) in [5.74, 6) is 0. The zero-order valence-electron chi connectivity index (χ0n) is 5.61. The summed E-state index contributed by atoms with van der Waals surface area (Å²) in [5, 5.41) is 3.03. The van der Waals surface area contributed by atoms with Gasteiger partial charge in [0.2, 0.25) is 3.79 Å². The fraction of sp³-hybridized carbons (Fsp3) is 0.833. The van der Waals surface area contributed by atoms with Crippen molar-refractivity contribution in [1.82, 2.24) is 5.32 Å². The number of rotatable bonds is 5. The highest BCUT2D eigenvalue weighted by Gasteiger charge is 1.90. The Kier molecular flexibility index (Phi) is 6.74. The Bertz CT molecular complexity index is 85.1. The first-order chi connectivity index (χ1) is 4.27. The predicted octanol–water partition coefficient (Wildman–Crippen LogP) is 1.34. The molecule has 0 aromatic heterocycles. The number of unbranched alkanes of at least 4 members (excludes halogenated alkanes) is 1. The Morgan fingerprint density at radius 2 is 2.33 bits per heavy atom. The molecule has 0 radical (unpaired) electrons. The van der Waals surface area contributed by atoms with E-state index in [0.29, 0.717) is 6.54 Å². The molecule has 0 aliphatic rings. The molecule has 0 heterocycles. The van der Waals surface area contributed by atoms with E-state index in [1.54, 1.807) is 22.6 Å². The van der Waals surface area contributed by atoms with E-state index in [0.717, 1.165) is 13.0 Å². The van der Waals surface area contributed by atoms with Crippen LogP contribution in [0.25, 0.3) is 0 Å². The van der Waals surface area contributed by atoms with Gasteiger partial charge in [-0.25, -0.2) is 0 Å². The van der Waals surface area contributed by atoms with E-state index < -0.39 is 0 Å². The Balaban J connectivity index is 2.83. The molecule has 1 N–H and O–H groups in total. The molecule has 0 amide bonds. The van der Waals surface area contributed by atoms with Crippen LogP contribution in [0.2, 0.25) is 0 Å². The van der Waals surface area contributed by atoms with Crippen LogP contribution < -0.4 is 5.32 Å². The van der Waals surface area contributed by atoms with Crippen molar-refractivity contribution < 1.29 is 4.79 Å². The minimum absolute atomic E-state index is 0.184. The highest BCUT2D eigenvalue weighted by Crippen LogP contribution is 1.84. The molecule has 3 heteroatoms. The van der Waals surface area contributed by atoms with Gasteiger partial charge in [-0.05, 0) is 13.0 Å². The molecule has 0 fully saturated rings. The number of hydrogen-bond acceptors (Lipinski definition) is 2. The quantitative estimate of drug-likeness (QED) is 0.447. The lowest BCUT2D eigenvalue weighted by Gasteiger charge is -1.96. The standard InChI is InChI=1S/C6H12INO/c1-2-3-4-8-5-6(7)9/h8H,2-5H2,1H3. The van der Waals surface area contributed by atoms with Crippen molar-refractivity contribution in [3.05, 3.63) is 0 Å². The van der Waals surface area contributed by atoms with Crippen LogP contribution in [0.1, 0.15) is 19.8 Å². The topological polar surface area (TPSA) is 29.1 Å². The lowest BCUT2D eigenvalue weighted by atomic mass is 10.3. The molecule has 0 bridgehead atoms. The minimum Gasteiger partial charge on any atom is -0.309 e. The maximum absolute atomic E-state index is 10.3. The van der Waals surface area contributed by atoms with E-state index in [4.69, 9.17) is 0 Å². The van der Waals surface area contributed by atoms with Gasteiger partial charge in [-0.3, -0.25) is 4.79 Å². The number of nitrogens with one attached hydrogen (secondary N) is 1. The minimum atomic E-state index is 0.184. The molecule has 0 unspecified atom stereocenters. The number of hydrogen-bond donors (Lipinski definition) is 1. The molecular weight excluding hydrogens is 229 g/mol. The predicted molar refractivity (Wildman–Crippen MR) is 46.8 cm³/mol. The van der Waals surface area contributed by atoms with Gasteiger partial charge in [-0.1, -0.05) is 13.3 Å². The van der Waals surface area contributed by atoms with E-state index in [9.17, 15) is 4.79 Å². The van der Waals surface area contributed by atoms with Gasteiger partial charge in [-0.2, -0.15) is 0 Å². The van der Waals surface area contributed by atoms with Gasteiger partial charge >= 0.3 is 0 Å². The third-order valence-corrected chi connectivity index (χ3v) is 1.35. The SMILES string of the molecule is CCCCNCC(=O)I. The number of carbonyl (C=O) groups is 1. The van der Waals surface area contributed by atoms with Crippen molar-refractivity contribution in [3.8, 4) is 0 Å². The average Bonchev–Trinajstić information content (AvgIpc) is 1.80. The van der Waals surface area contributed by atoms with E-state index in [1.165, 1.54) is 6.42 Å². The lowest BCUT2D eigenvalue weighted by Crippen LogP contribution is -2.20. The molecule has 0 atom stereocenters. The summed E-state index contributed by atoms with van der Waals surface area (Å²) < 4.78 is 0.184. The van der Waals surface area contributed by atoms with Crippen LogP contribution in [-0.4, -0.2) is 16.9 Å². The first kappa shape index (κ1) is 9.36. The smallest absolute Gasteiger partial charge is 0.206 e. The van der Waals surface area contributed by atoms with Gasteiger partial charge in [0.15, 0.2) is 0 Å². The first-order valence-corrected chi connectivity index (χ1v) is 4.24. The van der Waals surface area contributed by atoms with E-state index in [1.807, 2.05) is 0 Å². The zero-order chi connectivity index (χ0) is 7.11. The van der Waals surface area contributed by atoms with Crippen molar-refractivity contribution in [2.75, 3.05) is 13.1 Å². The second kappa shape index (κ2) is 6.48. The summed E-state index contributed by atoms with van der Waals surface area (Å²) in [5.41, 5.74) is 0. The molecule has 54 valence electrons. The highest BCUT2D eigenvalue weighted by atomic mass is 127. The van der Waals surface area contributed by atoms with Crippen LogP contribution in [0.3, 0.4) is 0 Å². The Morgan fingerprint density at radius 3 is 2.78 bits per heavy atom. The second-order valence-corrected chi connectivity index (χ2v) is 3.09. The largest absolute Gasteiger partial charge is 0.309 e. The molecular formula is C6H12INO. The molecule has 0 saturated carbocycles. The summed E-state index contributed by atoms with van der Waals surface area (Å²) in [6.07, 6.45) is 2.34. The molecule has 0 aliphatic carbocycles. The van der Waals surface area contributed by atoms with Gasteiger partial charge in [0.05, 0.1) is 6.54 Å². The van der Waals surface area contributed by atoms with Gasteiger partial charge < -0.3 is 5.32 Å². The summed E-state index contributed by atoms with van der Waals surface area (Å²) >= 11 is 1.79. The van der Waals surface area contributed by atoms with Crippen LogP contribution in [-0.2, 0) is 4.79 Å². The third kappa shape index (κ3) is 8.36. The van der Waals surface area contributed by atoms with E-state index >= 15 is 0 Å². The second-order valence-electron chi connectivity index (χ2n) is 1.89. The fourth-order valence-corrected chi connectivity index (χ4v) is 0.758. The van der Waals surface area contributed by atoms with Gasteiger partial charge in [0.25, 0.3) is 0 Å². The normalized spacial score (nSPS) is 9.56. The van der Waals surface area contributed by atoms with Crippen molar-refractivity contribution in [2.24, 2.45) is 0 Å². The first-order valence-electron chi connectivity index (χ1n) is 3.16. The van der Waals surface area contributed by atoms with Crippen LogP contribution in [0, 0.1) is 0 Å². The Labute approximate surface area is 69.5 Å². The molecule has 0 saturated heterocycles. The monoisotopic (exact) mass is 241 g/mol. The highest BCUT2D eigenvalue weighted by molar-refractivity contribution is 14.1. The summed E-state index contributed by atoms with van der Waals surface area (Å²) in [7, 11) is 0. The van der Waals surface area contributed by atoms with Crippen molar-refractivity contribution in [3.63, 3.8) is 0 Å². The summed E-state index contributed by atoms with van der Waals surface area (Å²) in [4.78, 5) is 10.3. The molecule has 0 spiro atoms. The van der Waals surface area contributed by atoms with Crippen molar-refractivity contribution in [2.45, 2.75) is 19.8 Å². The summed E-state index contributed by atoms with van der Waals surface area (Å²) in [6.45, 7) is 3.61. The van der Waals surface area contributed by atoms with Crippen LogP contribution in [0.4, 0.5) is 0 Å². The zero-order valence-corrected chi connectivity index (χ0v) is 7.77. The maximum atomic E-state index is 10.3. The lowest BCUT2D eigenvalue weighted by molar-refractivity contribution is -0.108. The molecule has 0 rings (SSSR count). The van der Waals surface area contributed by atoms with E-state index in [-0.39, 0.29) is 3.79 Å². The Hall–Kier alpha value is 0.360. The van der Waals surface area contributed by atoms with Crippen LogP contribution in [0.5, 0.6) is 0 Å². The van der Waals surface area contributed by atoms with Gasteiger partial charge in [0, 0.05) is 22.6 Å². The van der Waals surface area contributed by atoms with Crippen LogP contribution in [0.15, 0.2) is 0 Å². The Morgan fingerprint density at radius 1 is 1.67 bits per heavy atom. The van der Waals surface area contributed by atoms with Crippen molar-refractivity contribution >= 4 is 26.4 Å². The molecule has 9 heavy (non-hydrogen) atoms. The van der Waals surface area contributed by atoms with Crippen LogP contribution >= 0.6 is 22.6 Å². The fourth-order valence-electron chi connectivity index (χ4n) is 0.488. The van der Waals surface area contributed by atoms with Gasteiger partial charge in [-0.15, -0.1) is 0 Å². The number of halogens is 1. The maximum Gasteiger partial charge on any atom is 0.206 e. The number of carbonyl (C=O) groups excluding carboxylic acids is 1.